The van der Waals surface area contributed by atoms with Crippen molar-refractivity contribution in [2.75, 3.05) is 4.90 Å². The Labute approximate surface area is 328 Å². The molecule has 12 rings (SSSR count). The molecule has 0 spiro atoms. The van der Waals surface area contributed by atoms with Gasteiger partial charge in [-0.05, 0) is 80.5 Å². The maximum Gasteiger partial charge on any atom is 0.145 e. The number of fused-ring (bicyclic) bond motifs is 10. The minimum Gasteiger partial charge on any atom is -0.455 e. The molecule has 3 heteroatoms. The third-order valence-corrected chi connectivity index (χ3v) is 11.7. The van der Waals surface area contributed by atoms with Gasteiger partial charge in [-0.1, -0.05) is 158 Å². The highest BCUT2D eigenvalue weighted by Crippen LogP contribution is 2.49. The van der Waals surface area contributed by atoms with Gasteiger partial charge < -0.3 is 13.7 Å². The standard InChI is InChI=1S/C54H33NO2/c1-3-15-38-34(12-1)14-9-20-42(38)46-32-33-49(52-47-18-6-8-25-51(47)57-54(46)52)55(48-23-11-21-41-39-16-4-2-13-35(39)28-31-43(41)48)37-29-26-36(27-30-37)40-19-10-22-45-44-17-5-7-24-50(44)56-53(40)45/h1-33H. The highest BCUT2D eigenvalue weighted by atomic mass is 16.3. The number of nitrogens with zero attached hydrogens (tertiary/aromatic N) is 1. The molecule has 0 atom stereocenters. The SMILES string of the molecule is c1ccc2c(-c3ccc(N(c4ccc(-c5cccc6c5oc5ccccc56)cc4)c4cccc5c4ccc4ccccc45)c4c3oc3ccccc34)cccc2c1. The van der Waals surface area contributed by atoms with Gasteiger partial charge >= 0.3 is 0 Å². The Bertz CT molecular complexity index is 3530. The van der Waals surface area contributed by atoms with Gasteiger partial charge in [-0.15, -0.1) is 0 Å². The summed E-state index contributed by atoms with van der Waals surface area (Å²) in [6, 6.07) is 71.5. The molecule has 0 saturated heterocycles. The van der Waals surface area contributed by atoms with Gasteiger partial charge in [0.05, 0.1) is 16.8 Å². The fourth-order valence-corrected chi connectivity index (χ4v) is 9.06. The van der Waals surface area contributed by atoms with Crippen LogP contribution in [-0.4, -0.2) is 0 Å². The predicted molar refractivity (Wildman–Crippen MR) is 239 cm³/mol. The number of hydrogen-bond donors (Lipinski definition) is 0. The summed E-state index contributed by atoms with van der Waals surface area (Å²) in [6.07, 6.45) is 0. The molecular formula is C54H33NO2. The first kappa shape index (κ1) is 31.7. The second-order valence-electron chi connectivity index (χ2n) is 14.8. The van der Waals surface area contributed by atoms with Gasteiger partial charge in [0.2, 0.25) is 0 Å². The van der Waals surface area contributed by atoms with Crippen molar-refractivity contribution in [1.29, 1.82) is 0 Å². The molecule has 0 N–H and O–H groups in total. The largest absolute Gasteiger partial charge is 0.455 e. The van der Waals surface area contributed by atoms with Crippen molar-refractivity contribution in [1.82, 2.24) is 0 Å². The van der Waals surface area contributed by atoms with Crippen LogP contribution in [0.25, 0.3) is 98.4 Å². The van der Waals surface area contributed by atoms with Gasteiger partial charge in [0.25, 0.3) is 0 Å². The van der Waals surface area contributed by atoms with E-state index in [9.17, 15) is 0 Å². The van der Waals surface area contributed by atoms with E-state index in [-0.39, 0.29) is 0 Å². The van der Waals surface area contributed by atoms with E-state index in [0.717, 1.165) is 83.2 Å². The second kappa shape index (κ2) is 12.5. The Balaban J connectivity index is 1.12. The normalized spacial score (nSPS) is 11.9. The Hall–Kier alpha value is -7.62. The van der Waals surface area contributed by atoms with Gasteiger partial charge in [0.15, 0.2) is 0 Å². The lowest BCUT2D eigenvalue weighted by Gasteiger charge is -2.28. The monoisotopic (exact) mass is 727 g/mol. The van der Waals surface area contributed by atoms with Gasteiger partial charge in [-0.2, -0.15) is 0 Å². The van der Waals surface area contributed by atoms with E-state index in [1.54, 1.807) is 0 Å². The number of para-hydroxylation sites is 3. The third kappa shape index (κ3) is 4.86. The molecule has 57 heavy (non-hydrogen) atoms. The van der Waals surface area contributed by atoms with Crippen LogP contribution in [0.2, 0.25) is 0 Å². The lowest BCUT2D eigenvalue weighted by Crippen LogP contribution is -2.11. The fourth-order valence-electron chi connectivity index (χ4n) is 9.06. The van der Waals surface area contributed by atoms with E-state index in [1.165, 1.54) is 32.3 Å². The molecule has 0 fully saturated rings. The summed E-state index contributed by atoms with van der Waals surface area (Å²) in [5.41, 5.74) is 11.1. The number of hydrogen-bond acceptors (Lipinski definition) is 3. The Morgan fingerprint density at radius 1 is 0.298 bits per heavy atom. The van der Waals surface area contributed by atoms with E-state index in [2.05, 4.69) is 193 Å². The number of benzene rings is 10. The minimum absolute atomic E-state index is 0.861. The summed E-state index contributed by atoms with van der Waals surface area (Å²) in [5.74, 6) is 0. The van der Waals surface area contributed by atoms with E-state index in [4.69, 9.17) is 8.83 Å². The highest BCUT2D eigenvalue weighted by molar-refractivity contribution is 6.20. The quantitative estimate of drug-likeness (QED) is 0.165. The van der Waals surface area contributed by atoms with E-state index < -0.39 is 0 Å². The number of anilines is 3. The van der Waals surface area contributed by atoms with Crippen molar-refractivity contribution in [3.8, 4) is 22.3 Å². The molecule has 0 saturated carbocycles. The van der Waals surface area contributed by atoms with Crippen LogP contribution in [0.4, 0.5) is 17.1 Å². The topological polar surface area (TPSA) is 29.5 Å². The first-order valence-corrected chi connectivity index (χ1v) is 19.4. The minimum atomic E-state index is 0.861. The summed E-state index contributed by atoms with van der Waals surface area (Å²) in [5, 5.41) is 11.6. The van der Waals surface area contributed by atoms with Gasteiger partial charge in [0, 0.05) is 38.4 Å². The molecule has 0 amide bonds. The average molecular weight is 728 g/mol. The summed E-state index contributed by atoms with van der Waals surface area (Å²) in [7, 11) is 0. The molecule has 266 valence electrons. The van der Waals surface area contributed by atoms with E-state index >= 15 is 0 Å². The van der Waals surface area contributed by atoms with Crippen molar-refractivity contribution in [3.63, 3.8) is 0 Å². The zero-order valence-corrected chi connectivity index (χ0v) is 30.8. The zero-order valence-electron chi connectivity index (χ0n) is 30.8. The molecule has 0 aliphatic heterocycles. The van der Waals surface area contributed by atoms with Crippen LogP contribution in [0.3, 0.4) is 0 Å². The molecule has 2 heterocycles. The molecular weight excluding hydrogens is 695 g/mol. The fraction of sp³-hybridized carbons (Fsp3) is 0. The smallest absolute Gasteiger partial charge is 0.145 e. The summed E-state index contributed by atoms with van der Waals surface area (Å²) in [4.78, 5) is 2.42. The average Bonchev–Trinajstić information content (AvgIpc) is 3.86. The molecule has 3 nitrogen and oxygen atoms in total. The first-order chi connectivity index (χ1) is 28.3. The van der Waals surface area contributed by atoms with E-state index in [1.807, 2.05) is 12.1 Å². The molecule has 0 aliphatic carbocycles. The van der Waals surface area contributed by atoms with Gasteiger partial charge in [-0.3, -0.25) is 0 Å². The molecule has 0 bridgehead atoms. The zero-order chi connectivity index (χ0) is 37.5. The van der Waals surface area contributed by atoms with Crippen molar-refractivity contribution < 1.29 is 8.83 Å². The summed E-state index contributed by atoms with van der Waals surface area (Å²) in [6.45, 7) is 0. The van der Waals surface area contributed by atoms with Crippen LogP contribution < -0.4 is 4.90 Å². The molecule has 10 aromatic carbocycles. The van der Waals surface area contributed by atoms with Crippen LogP contribution >= 0.6 is 0 Å². The third-order valence-electron chi connectivity index (χ3n) is 11.7. The van der Waals surface area contributed by atoms with Crippen molar-refractivity contribution in [2.45, 2.75) is 0 Å². The lowest BCUT2D eigenvalue weighted by molar-refractivity contribution is 0.669. The Morgan fingerprint density at radius 3 is 1.74 bits per heavy atom. The molecule has 0 aliphatic rings. The first-order valence-electron chi connectivity index (χ1n) is 19.4. The summed E-state index contributed by atoms with van der Waals surface area (Å²) >= 11 is 0. The van der Waals surface area contributed by atoms with Crippen molar-refractivity contribution in [2.24, 2.45) is 0 Å². The molecule has 0 unspecified atom stereocenters. The van der Waals surface area contributed by atoms with E-state index in [0.29, 0.717) is 0 Å². The summed E-state index contributed by atoms with van der Waals surface area (Å²) < 4.78 is 13.4. The van der Waals surface area contributed by atoms with Crippen LogP contribution in [0.5, 0.6) is 0 Å². The van der Waals surface area contributed by atoms with Crippen molar-refractivity contribution in [3.05, 3.63) is 200 Å². The molecule has 12 aromatic rings. The van der Waals surface area contributed by atoms with Gasteiger partial charge in [0.1, 0.15) is 22.3 Å². The second-order valence-corrected chi connectivity index (χ2v) is 14.8. The lowest BCUT2D eigenvalue weighted by atomic mass is 9.95. The van der Waals surface area contributed by atoms with Crippen LogP contribution in [-0.2, 0) is 0 Å². The van der Waals surface area contributed by atoms with Crippen LogP contribution in [0.1, 0.15) is 0 Å². The maximum absolute atomic E-state index is 6.90. The highest BCUT2D eigenvalue weighted by Gasteiger charge is 2.24. The maximum atomic E-state index is 6.90. The Morgan fingerprint density at radius 2 is 0.895 bits per heavy atom. The number of rotatable bonds is 5. The van der Waals surface area contributed by atoms with Gasteiger partial charge in [-0.25, -0.2) is 0 Å². The molecule has 0 radical (unpaired) electrons. The molecule has 2 aromatic heterocycles. The predicted octanol–water partition coefficient (Wildman–Crippen LogP) is 15.7. The van der Waals surface area contributed by atoms with Crippen LogP contribution in [0, 0.1) is 0 Å². The van der Waals surface area contributed by atoms with Crippen molar-refractivity contribution >= 4 is 93.3 Å². The van der Waals surface area contributed by atoms with Crippen LogP contribution in [0.15, 0.2) is 209 Å². The number of furan rings is 2. The Kier molecular flexibility index (Phi) is 6.93.